The van der Waals surface area contributed by atoms with Crippen molar-refractivity contribution >= 4 is 28.3 Å². The van der Waals surface area contributed by atoms with Gasteiger partial charge in [0.2, 0.25) is 0 Å². The lowest BCUT2D eigenvalue weighted by Crippen LogP contribution is -2.29. The molecule has 0 unspecified atom stereocenters. The molecule has 0 heterocycles. The topological polar surface area (TPSA) is 0 Å². The van der Waals surface area contributed by atoms with E-state index in [-0.39, 0.29) is 0 Å². The Balaban J connectivity index is 5.52. The summed E-state index contributed by atoms with van der Waals surface area (Å²) in [5.41, 5.74) is 0. The third-order valence-corrected chi connectivity index (χ3v) is 16.0. The molecule has 0 aromatic rings. The van der Waals surface area contributed by atoms with Gasteiger partial charge in [-0.1, -0.05) is 175 Å². The molecule has 0 radical (unpaired) electrons. The first-order valence-electron chi connectivity index (χ1n) is 14.1. The van der Waals surface area contributed by atoms with Gasteiger partial charge in [-0.25, -0.2) is 0 Å². The largest absolute Gasteiger partial charge is 0.262 e. The van der Waals surface area contributed by atoms with E-state index in [0.717, 1.165) is 35.5 Å². The monoisotopic (exact) mass is 450 g/mol. The number of rotatable bonds is 19. The molecule has 0 amide bonds. The lowest BCUT2D eigenvalue weighted by atomic mass is 9.87. The van der Waals surface area contributed by atoms with Crippen LogP contribution >= 0.6 is 0 Å². The van der Waals surface area contributed by atoms with E-state index >= 15 is 0 Å². The first-order chi connectivity index (χ1) is 14.1. The second-order valence-electron chi connectivity index (χ2n) is 12.5. The fourth-order valence-electron chi connectivity index (χ4n) is 6.12. The Kier molecular flexibility index (Phi) is 19.1. The predicted octanol–water partition coefficient (Wildman–Crippen LogP) is 10.2. The van der Waals surface area contributed by atoms with E-state index in [0.29, 0.717) is 0 Å². The van der Waals surface area contributed by atoms with Crippen LogP contribution in [0.2, 0.25) is 31.7 Å². The van der Waals surface area contributed by atoms with Crippen molar-refractivity contribution in [3.8, 4) is 0 Å². The second kappa shape index (κ2) is 18.5. The maximum absolute atomic E-state index is 2.48. The zero-order chi connectivity index (χ0) is 23.1. The summed E-state index contributed by atoms with van der Waals surface area (Å²) in [6.45, 7) is 24.6. The molecule has 0 saturated carbocycles. The number of unbranched alkanes of at least 4 members (excludes halogenated alkanes) is 2. The summed E-state index contributed by atoms with van der Waals surface area (Å²) in [5, 5.41) is 9.66. The lowest BCUT2D eigenvalue weighted by molar-refractivity contribution is 0.322. The minimum Gasteiger partial charge on any atom is -0.0915 e. The normalized spacial score (nSPS) is 14.2. The van der Waals surface area contributed by atoms with Crippen molar-refractivity contribution in [3.63, 3.8) is 0 Å². The van der Waals surface area contributed by atoms with Crippen LogP contribution in [0.3, 0.4) is 0 Å². The number of hydrogen-bond donors (Lipinski definition) is 0. The van der Waals surface area contributed by atoms with Crippen molar-refractivity contribution in [2.45, 2.75) is 139 Å². The van der Waals surface area contributed by atoms with Gasteiger partial charge in [0, 0.05) is 0 Å². The van der Waals surface area contributed by atoms with Crippen LogP contribution in [0.1, 0.15) is 108 Å². The summed E-state index contributed by atoms with van der Waals surface area (Å²) in [6, 6.07) is 0. The SMILES string of the molecule is CCCC[C@H]([CH2][Al]([CH2]C(C)C)[CH2]C(C)C)[C@H](CCCC)[CH2][Al]([CH2]C(C)C)[CH2]C(C)C. The van der Waals surface area contributed by atoms with Gasteiger partial charge in [0.05, 0.1) is 0 Å². The van der Waals surface area contributed by atoms with Gasteiger partial charge in [0.25, 0.3) is 28.3 Å². The third-order valence-electron chi connectivity index (χ3n) is 7.01. The van der Waals surface area contributed by atoms with E-state index < -0.39 is 28.3 Å². The Morgan fingerprint density at radius 3 is 0.900 bits per heavy atom. The highest BCUT2D eigenvalue weighted by Crippen LogP contribution is 2.37. The smallest absolute Gasteiger partial charge is 0.0915 e. The fraction of sp³-hybridized carbons (Fsp3) is 1.00. The summed E-state index contributed by atoms with van der Waals surface area (Å²) in [6.07, 6.45) is 8.79. The van der Waals surface area contributed by atoms with Gasteiger partial charge in [-0.2, -0.15) is 0 Å². The Morgan fingerprint density at radius 2 is 0.700 bits per heavy atom. The maximum Gasteiger partial charge on any atom is 0.262 e. The van der Waals surface area contributed by atoms with Gasteiger partial charge in [0.1, 0.15) is 0 Å². The molecule has 30 heavy (non-hydrogen) atoms. The predicted molar refractivity (Wildman–Crippen MR) is 146 cm³/mol. The molecule has 0 rings (SSSR count). The summed E-state index contributed by atoms with van der Waals surface area (Å²) < 4.78 is 0. The molecule has 0 N–H and O–H groups in total. The highest BCUT2D eigenvalue weighted by atomic mass is 27.2. The quantitative estimate of drug-likeness (QED) is 0.172. The molecular formula is C28H60Al2. The average Bonchev–Trinajstić information content (AvgIpc) is 2.59. The van der Waals surface area contributed by atoms with Crippen LogP contribution in [0, 0.1) is 35.5 Å². The highest BCUT2D eigenvalue weighted by molar-refractivity contribution is 6.59. The van der Waals surface area contributed by atoms with E-state index in [4.69, 9.17) is 0 Å². The Bertz CT molecular complexity index is 319. The van der Waals surface area contributed by atoms with E-state index in [1.54, 1.807) is 31.7 Å². The average molecular weight is 451 g/mol. The van der Waals surface area contributed by atoms with Crippen molar-refractivity contribution in [2.24, 2.45) is 35.5 Å². The van der Waals surface area contributed by atoms with Crippen molar-refractivity contribution in [2.75, 3.05) is 0 Å². The van der Waals surface area contributed by atoms with E-state index in [2.05, 4.69) is 69.2 Å². The van der Waals surface area contributed by atoms with E-state index in [9.17, 15) is 0 Å². The van der Waals surface area contributed by atoms with Gasteiger partial charge in [-0.05, 0) is 0 Å². The molecule has 2 heteroatoms. The zero-order valence-electron chi connectivity index (χ0n) is 23.1. The van der Waals surface area contributed by atoms with Crippen LogP contribution in [0.25, 0.3) is 0 Å². The minimum absolute atomic E-state index is 0.627. The molecule has 0 bridgehead atoms. The molecule has 0 aromatic heterocycles. The van der Waals surface area contributed by atoms with Crippen LogP contribution in [0.15, 0.2) is 0 Å². The fourth-order valence-corrected chi connectivity index (χ4v) is 15.6. The number of hydrogen-bond acceptors (Lipinski definition) is 0. The molecule has 2 atom stereocenters. The van der Waals surface area contributed by atoms with Crippen molar-refractivity contribution in [1.82, 2.24) is 0 Å². The molecule has 0 aliphatic heterocycles. The third kappa shape index (κ3) is 16.7. The highest BCUT2D eigenvalue weighted by Gasteiger charge is 2.32. The summed E-state index contributed by atoms with van der Waals surface area (Å²) >= 11 is -1.25. The van der Waals surface area contributed by atoms with Gasteiger partial charge in [-0.3, -0.25) is 0 Å². The van der Waals surface area contributed by atoms with Crippen LogP contribution in [0.4, 0.5) is 0 Å². The lowest BCUT2D eigenvalue weighted by Gasteiger charge is -2.33. The molecule has 0 saturated heterocycles. The van der Waals surface area contributed by atoms with Crippen molar-refractivity contribution < 1.29 is 0 Å². The van der Waals surface area contributed by atoms with Crippen LogP contribution in [-0.2, 0) is 0 Å². The molecule has 0 nitrogen and oxygen atoms in total. The van der Waals surface area contributed by atoms with Gasteiger partial charge < -0.3 is 0 Å². The summed E-state index contributed by atoms with van der Waals surface area (Å²) in [4.78, 5) is 0. The molecule has 0 aliphatic carbocycles. The maximum atomic E-state index is 2.48. The van der Waals surface area contributed by atoms with Crippen LogP contribution in [-0.4, -0.2) is 28.3 Å². The summed E-state index contributed by atoms with van der Waals surface area (Å²) in [7, 11) is 0. The Labute approximate surface area is 202 Å². The van der Waals surface area contributed by atoms with Gasteiger partial charge in [-0.15, -0.1) is 0 Å². The molecule has 0 spiro atoms. The minimum atomic E-state index is -0.627. The Hall–Kier alpha value is 1.06. The van der Waals surface area contributed by atoms with Gasteiger partial charge >= 0.3 is 0 Å². The first-order valence-corrected chi connectivity index (χ1v) is 19.0. The van der Waals surface area contributed by atoms with Gasteiger partial charge in [0.15, 0.2) is 0 Å². The standard InChI is InChI=1S/C12H24.4C4H9.2Al/c1-5-7-9-11(3)12(4)10-8-6-2;4*1-4(2)3;;/h11-12H,3-10H2,1-2H3;4*4H,1H2,2-3H3;;/t11-,12-;;;;;;/m0....../s1. The van der Waals surface area contributed by atoms with Crippen molar-refractivity contribution in [3.05, 3.63) is 0 Å². The second-order valence-corrected chi connectivity index (χ2v) is 18.8. The van der Waals surface area contributed by atoms with E-state index in [1.165, 1.54) is 38.5 Å². The van der Waals surface area contributed by atoms with E-state index in [1.807, 2.05) is 0 Å². The zero-order valence-corrected chi connectivity index (χ0v) is 25.4. The first kappa shape index (κ1) is 31.1. The molecule has 0 aromatic carbocycles. The van der Waals surface area contributed by atoms with Crippen molar-refractivity contribution in [1.29, 1.82) is 0 Å². The van der Waals surface area contributed by atoms with Crippen LogP contribution < -0.4 is 0 Å². The Morgan fingerprint density at radius 1 is 0.433 bits per heavy atom. The molecule has 0 aliphatic rings. The molecular weight excluding hydrogens is 390 g/mol. The van der Waals surface area contributed by atoms with Crippen LogP contribution in [0.5, 0.6) is 0 Å². The molecule has 0 fully saturated rings. The molecule has 178 valence electrons. The summed E-state index contributed by atoms with van der Waals surface area (Å²) in [5.74, 6) is 5.74.